The summed E-state index contributed by atoms with van der Waals surface area (Å²) < 4.78 is 11.5. The van der Waals surface area contributed by atoms with E-state index in [0.717, 1.165) is 99.8 Å². The zero-order valence-corrected chi connectivity index (χ0v) is 28.6. The molecule has 4 heterocycles. The second-order valence-corrected chi connectivity index (χ2v) is 13.5. The maximum Gasteiger partial charge on any atom is 0.145 e. The van der Waals surface area contributed by atoms with Gasteiger partial charge in [0.1, 0.15) is 17.0 Å². The highest BCUT2D eigenvalue weighted by Crippen LogP contribution is 2.46. The molecule has 0 aliphatic heterocycles. The molecular formula is C49H31N3O. The van der Waals surface area contributed by atoms with Crippen LogP contribution in [0.2, 0.25) is 0 Å². The largest absolute Gasteiger partial charge is 0.455 e. The highest BCUT2D eigenvalue weighted by atomic mass is 16.3. The standard InChI is InChI=1S/C49H31N3O/c1-4-16-32(17-5-1)35-30-40(33-18-6-2-7-19-33)50-45(31-35)52-42-26-14-11-24-39(42)48(47(52)34-20-8-3-9-21-34)51-41-25-13-10-23-38(41)46-43(51)29-28-37-36-22-12-15-27-44(36)53-49(37)46/h1-31H. The van der Waals surface area contributed by atoms with E-state index in [1.165, 1.54) is 0 Å². The van der Waals surface area contributed by atoms with Crippen molar-refractivity contribution in [1.29, 1.82) is 0 Å². The molecule has 0 atom stereocenters. The number of rotatable bonds is 5. The van der Waals surface area contributed by atoms with Crippen molar-refractivity contribution in [3.05, 3.63) is 188 Å². The predicted octanol–water partition coefficient (Wildman–Crippen LogP) is 13.0. The molecule has 0 bridgehead atoms. The van der Waals surface area contributed by atoms with Crippen LogP contribution in [-0.2, 0) is 0 Å². The summed E-state index contributed by atoms with van der Waals surface area (Å²) in [6.07, 6.45) is 0. The fourth-order valence-corrected chi connectivity index (χ4v) is 8.21. The molecule has 0 radical (unpaired) electrons. The average molecular weight is 678 g/mol. The van der Waals surface area contributed by atoms with Crippen LogP contribution in [0.15, 0.2) is 192 Å². The van der Waals surface area contributed by atoms with Crippen LogP contribution < -0.4 is 0 Å². The first-order valence-electron chi connectivity index (χ1n) is 18.0. The molecule has 0 spiro atoms. The van der Waals surface area contributed by atoms with Gasteiger partial charge in [0.05, 0.1) is 39.0 Å². The van der Waals surface area contributed by atoms with Crippen molar-refractivity contribution >= 4 is 54.6 Å². The monoisotopic (exact) mass is 677 g/mol. The van der Waals surface area contributed by atoms with E-state index in [1.807, 2.05) is 6.07 Å². The van der Waals surface area contributed by atoms with Gasteiger partial charge in [-0.3, -0.25) is 4.57 Å². The molecule has 248 valence electrons. The number of hydrogen-bond donors (Lipinski definition) is 0. The van der Waals surface area contributed by atoms with E-state index in [1.54, 1.807) is 0 Å². The summed E-state index contributed by atoms with van der Waals surface area (Å²) in [5.41, 5.74) is 12.6. The molecule has 11 rings (SSSR count). The molecule has 0 unspecified atom stereocenters. The zero-order valence-electron chi connectivity index (χ0n) is 28.6. The summed E-state index contributed by atoms with van der Waals surface area (Å²) in [4.78, 5) is 5.46. The summed E-state index contributed by atoms with van der Waals surface area (Å²) in [7, 11) is 0. The van der Waals surface area contributed by atoms with Crippen LogP contribution in [0.1, 0.15) is 0 Å². The van der Waals surface area contributed by atoms with Gasteiger partial charge in [-0.1, -0.05) is 146 Å². The topological polar surface area (TPSA) is 35.9 Å². The lowest BCUT2D eigenvalue weighted by Gasteiger charge is -2.16. The van der Waals surface area contributed by atoms with Crippen LogP contribution in [0.3, 0.4) is 0 Å². The van der Waals surface area contributed by atoms with Crippen LogP contribution in [0.25, 0.3) is 99.8 Å². The first kappa shape index (κ1) is 29.5. The molecule has 0 aliphatic carbocycles. The van der Waals surface area contributed by atoms with Crippen molar-refractivity contribution in [2.75, 3.05) is 0 Å². The van der Waals surface area contributed by atoms with Gasteiger partial charge >= 0.3 is 0 Å². The van der Waals surface area contributed by atoms with E-state index >= 15 is 0 Å². The Balaban J connectivity index is 1.30. The molecule has 11 aromatic rings. The van der Waals surface area contributed by atoms with E-state index < -0.39 is 0 Å². The molecule has 0 saturated heterocycles. The van der Waals surface area contributed by atoms with Crippen molar-refractivity contribution in [1.82, 2.24) is 14.1 Å². The van der Waals surface area contributed by atoms with E-state index in [2.05, 4.69) is 191 Å². The third-order valence-corrected chi connectivity index (χ3v) is 10.5. The Morgan fingerprint density at radius 1 is 0.396 bits per heavy atom. The first-order valence-corrected chi connectivity index (χ1v) is 18.0. The fraction of sp³-hybridized carbons (Fsp3) is 0. The van der Waals surface area contributed by atoms with Gasteiger partial charge in [0.2, 0.25) is 0 Å². The van der Waals surface area contributed by atoms with Crippen LogP contribution in [-0.4, -0.2) is 14.1 Å². The van der Waals surface area contributed by atoms with Gasteiger partial charge in [0, 0.05) is 32.7 Å². The van der Waals surface area contributed by atoms with Crippen LogP contribution in [0.4, 0.5) is 0 Å². The number of aromatic nitrogens is 3. The maximum atomic E-state index is 6.68. The highest BCUT2D eigenvalue weighted by Gasteiger charge is 2.27. The minimum Gasteiger partial charge on any atom is -0.455 e. The van der Waals surface area contributed by atoms with E-state index in [9.17, 15) is 0 Å². The number of nitrogens with zero attached hydrogens (tertiary/aromatic N) is 3. The van der Waals surface area contributed by atoms with Gasteiger partial charge in [0.25, 0.3) is 0 Å². The molecule has 4 nitrogen and oxygen atoms in total. The molecule has 0 fully saturated rings. The summed E-state index contributed by atoms with van der Waals surface area (Å²) >= 11 is 0. The molecule has 53 heavy (non-hydrogen) atoms. The Morgan fingerprint density at radius 3 is 1.72 bits per heavy atom. The number of benzene rings is 7. The van der Waals surface area contributed by atoms with Gasteiger partial charge in [-0.25, -0.2) is 4.98 Å². The van der Waals surface area contributed by atoms with Crippen molar-refractivity contribution in [3.8, 4) is 45.1 Å². The van der Waals surface area contributed by atoms with E-state index in [-0.39, 0.29) is 0 Å². The Kier molecular flexibility index (Phi) is 6.52. The third-order valence-electron chi connectivity index (χ3n) is 10.5. The second kappa shape index (κ2) is 11.7. The number of hydrogen-bond acceptors (Lipinski definition) is 2. The van der Waals surface area contributed by atoms with Gasteiger partial charge in [0.15, 0.2) is 0 Å². The van der Waals surface area contributed by atoms with Crippen molar-refractivity contribution in [3.63, 3.8) is 0 Å². The lowest BCUT2D eigenvalue weighted by molar-refractivity contribution is 0.673. The highest BCUT2D eigenvalue weighted by molar-refractivity contribution is 6.24. The average Bonchev–Trinajstić information content (AvgIpc) is 3.89. The number of fused-ring (bicyclic) bond motifs is 8. The minimum atomic E-state index is 0.854. The van der Waals surface area contributed by atoms with Crippen molar-refractivity contribution in [2.45, 2.75) is 0 Å². The first-order chi connectivity index (χ1) is 26.3. The molecule has 0 N–H and O–H groups in total. The number of para-hydroxylation sites is 3. The fourth-order valence-electron chi connectivity index (χ4n) is 8.21. The smallest absolute Gasteiger partial charge is 0.145 e. The minimum absolute atomic E-state index is 0.854. The van der Waals surface area contributed by atoms with Gasteiger partial charge in [-0.05, 0) is 53.6 Å². The summed E-state index contributed by atoms with van der Waals surface area (Å²) in [6, 6.07) is 66.5. The molecule has 0 aliphatic rings. The molecule has 0 saturated carbocycles. The number of furan rings is 1. The predicted molar refractivity (Wildman–Crippen MR) is 219 cm³/mol. The Labute approximate surface area is 305 Å². The van der Waals surface area contributed by atoms with Crippen LogP contribution in [0.5, 0.6) is 0 Å². The Morgan fingerprint density at radius 2 is 0.981 bits per heavy atom. The molecule has 4 aromatic heterocycles. The summed E-state index contributed by atoms with van der Waals surface area (Å²) in [5.74, 6) is 0.854. The van der Waals surface area contributed by atoms with Crippen molar-refractivity contribution < 1.29 is 4.42 Å². The molecule has 4 heteroatoms. The summed E-state index contributed by atoms with van der Waals surface area (Å²) in [6.45, 7) is 0. The van der Waals surface area contributed by atoms with Crippen LogP contribution in [0, 0.1) is 0 Å². The lowest BCUT2D eigenvalue weighted by Crippen LogP contribution is -2.04. The molecular weight excluding hydrogens is 647 g/mol. The van der Waals surface area contributed by atoms with Gasteiger partial charge in [-0.2, -0.15) is 0 Å². The van der Waals surface area contributed by atoms with Gasteiger partial charge in [-0.15, -0.1) is 0 Å². The van der Waals surface area contributed by atoms with Crippen molar-refractivity contribution in [2.24, 2.45) is 0 Å². The molecule has 0 amide bonds. The lowest BCUT2D eigenvalue weighted by atomic mass is 10.0. The zero-order chi connectivity index (χ0) is 34.9. The number of pyridine rings is 1. The van der Waals surface area contributed by atoms with E-state index in [4.69, 9.17) is 9.40 Å². The Hall–Kier alpha value is -7.17. The third kappa shape index (κ3) is 4.52. The van der Waals surface area contributed by atoms with Gasteiger partial charge < -0.3 is 8.98 Å². The quantitative estimate of drug-likeness (QED) is 0.182. The Bertz CT molecular complexity index is 3090. The van der Waals surface area contributed by atoms with E-state index in [0.29, 0.717) is 0 Å². The SMILES string of the molecule is c1ccc(-c2cc(-c3ccccc3)nc(-n3c(-c4ccccc4)c(-n4c5ccccc5c5c6oc7ccccc7c6ccc54)c4ccccc43)c2)cc1. The summed E-state index contributed by atoms with van der Waals surface area (Å²) in [5, 5.41) is 5.64. The second-order valence-electron chi connectivity index (χ2n) is 13.5. The van der Waals surface area contributed by atoms with Crippen LogP contribution >= 0.6 is 0 Å². The maximum absolute atomic E-state index is 6.68. The molecule has 7 aromatic carbocycles. The normalized spacial score (nSPS) is 11.8.